The lowest BCUT2D eigenvalue weighted by atomic mass is 10.3. The van der Waals surface area contributed by atoms with Crippen LogP contribution >= 0.6 is 0 Å². The summed E-state index contributed by atoms with van der Waals surface area (Å²) in [4.78, 5) is 2.72. The Morgan fingerprint density at radius 1 is 0.838 bits per heavy atom. The standard InChI is InChI=1S/C23H20F2N4O6S2/c1-15-14-27-28(22-6-4-5-11-26-22)23(15)29(36(30,31)16-7-9-20(34-2)18(24)12-16)37(32,33)17-8-10-21(35-3)19(25)13-17/h4-14H,1-3H3. The minimum Gasteiger partial charge on any atom is -0.494 e. The molecular weight excluding hydrogens is 530 g/mol. The zero-order chi connectivity index (χ0) is 27.0. The number of sulfonamides is 2. The maximum Gasteiger partial charge on any atom is 0.279 e. The van der Waals surface area contributed by atoms with Crippen molar-refractivity contribution in [1.29, 1.82) is 0 Å². The monoisotopic (exact) mass is 550 g/mol. The zero-order valence-electron chi connectivity index (χ0n) is 19.7. The molecule has 0 atom stereocenters. The van der Waals surface area contributed by atoms with Gasteiger partial charge in [0.2, 0.25) is 0 Å². The number of methoxy groups -OCH3 is 2. The van der Waals surface area contributed by atoms with Crippen LogP contribution in [0.5, 0.6) is 11.5 Å². The van der Waals surface area contributed by atoms with Crippen molar-refractivity contribution in [2.75, 3.05) is 17.9 Å². The van der Waals surface area contributed by atoms with Gasteiger partial charge in [-0.3, -0.25) is 0 Å². The minimum absolute atomic E-state index is 0.0828. The third kappa shape index (κ3) is 4.60. The van der Waals surface area contributed by atoms with E-state index in [1.165, 1.54) is 39.6 Å². The molecule has 194 valence electrons. The maximum absolute atomic E-state index is 14.5. The van der Waals surface area contributed by atoms with Gasteiger partial charge in [-0.15, -0.1) is 3.71 Å². The second kappa shape index (κ2) is 9.78. The molecule has 0 saturated heterocycles. The van der Waals surface area contributed by atoms with Gasteiger partial charge in [0.05, 0.1) is 30.2 Å². The lowest BCUT2D eigenvalue weighted by molar-refractivity contribution is 0.385. The van der Waals surface area contributed by atoms with Gasteiger partial charge in [0, 0.05) is 11.8 Å². The highest BCUT2D eigenvalue weighted by Crippen LogP contribution is 2.36. The van der Waals surface area contributed by atoms with Gasteiger partial charge in [0.1, 0.15) is 0 Å². The van der Waals surface area contributed by atoms with Crippen molar-refractivity contribution in [3.05, 3.63) is 84.2 Å². The molecular formula is C23H20F2N4O6S2. The van der Waals surface area contributed by atoms with Crippen molar-refractivity contribution >= 4 is 25.9 Å². The number of hydrogen-bond donors (Lipinski definition) is 0. The van der Waals surface area contributed by atoms with Gasteiger partial charge >= 0.3 is 0 Å². The van der Waals surface area contributed by atoms with Crippen molar-refractivity contribution in [2.45, 2.75) is 16.7 Å². The first-order valence-corrected chi connectivity index (χ1v) is 13.3. The summed E-state index contributed by atoms with van der Waals surface area (Å²) in [5.41, 5.74) is 0.126. The van der Waals surface area contributed by atoms with Gasteiger partial charge in [-0.2, -0.15) is 26.6 Å². The molecule has 0 N–H and O–H groups in total. The molecule has 4 rings (SSSR count). The Balaban J connectivity index is 2.03. The van der Waals surface area contributed by atoms with Gasteiger partial charge in [-0.05, 0) is 55.5 Å². The van der Waals surface area contributed by atoms with Gasteiger partial charge in [0.25, 0.3) is 20.0 Å². The van der Waals surface area contributed by atoms with Crippen LogP contribution in [-0.4, -0.2) is 45.8 Å². The average Bonchev–Trinajstić information content (AvgIpc) is 3.24. The third-order valence-corrected chi connectivity index (χ3v) is 9.33. The predicted octanol–water partition coefficient (Wildman–Crippen LogP) is 3.46. The van der Waals surface area contributed by atoms with E-state index in [0.29, 0.717) is 12.1 Å². The Bertz CT molecular complexity index is 1590. The smallest absolute Gasteiger partial charge is 0.279 e. The number of benzene rings is 2. The van der Waals surface area contributed by atoms with Gasteiger partial charge < -0.3 is 9.47 Å². The number of anilines is 1. The fourth-order valence-electron chi connectivity index (χ4n) is 3.46. The number of aryl methyl sites for hydroxylation is 1. The number of ether oxygens (including phenoxy) is 2. The molecule has 0 amide bonds. The van der Waals surface area contributed by atoms with E-state index in [1.54, 1.807) is 12.1 Å². The zero-order valence-corrected chi connectivity index (χ0v) is 21.3. The van der Waals surface area contributed by atoms with E-state index in [1.807, 2.05) is 0 Å². The summed E-state index contributed by atoms with van der Waals surface area (Å²) in [6.45, 7) is 1.43. The van der Waals surface area contributed by atoms with Crippen LogP contribution < -0.4 is 13.2 Å². The first-order valence-electron chi connectivity index (χ1n) is 10.5. The highest BCUT2D eigenvalue weighted by Gasteiger charge is 2.41. The van der Waals surface area contributed by atoms with Crippen molar-refractivity contribution in [1.82, 2.24) is 14.8 Å². The molecule has 0 aliphatic rings. The van der Waals surface area contributed by atoms with Gasteiger partial charge in [-0.25, -0.2) is 13.8 Å². The van der Waals surface area contributed by atoms with Gasteiger partial charge in [-0.1, -0.05) is 6.07 Å². The molecule has 0 unspecified atom stereocenters. The lowest BCUT2D eigenvalue weighted by Gasteiger charge is -2.25. The summed E-state index contributed by atoms with van der Waals surface area (Å²) in [6.07, 6.45) is 2.65. The second-order valence-corrected chi connectivity index (χ2v) is 11.4. The summed E-state index contributed by atoms with van der Waals surface area (Å²) < 4.78 is 95.4. The first kappa shape index (κ1) is 26.0. The number of hydrogen-bond acceptors (Lipinski definition) is 8. The summed E-state index contributed by atoms with van der Waals surface area (Å²) >= 11 is 0. The van der Waals surface area contributed by atoms with E-state index in [4.69, 9.17) is 9.47 Å². The van der Waals surface area contributed by atoms with Crippen LogP contribution in [0.2, 0.25) is 0 Å². The van der Waals surface area contributed by atoms with E-state index >= 15 is 0 Å². The summed E-state index contributed by atoms with van der Waals surface area (Å²) in [7, 11) is -7.72. The van der Waals surface area contributed by atoms with Crippen LogP contribution in [0.4, 0.5) is 14.6 Å². The van der Waals surface area contributed by atoms with E-state index < -0.39 is 47.3 Å². The Hall–Kier alpha value is -4.04. The SMILES string of the molecule is COc1ccc(S(=O)(=O)N(c2c(C)cnn2-c2ccccn2)S(=O)(=O)c2ccc(OC)c(F)c2)cc1F. The Morgan fingerprint density at radius 2 is 1.38 bits per heavy atom. The lowest BCUT2D eigenvalue weighted by Crippen LogP contribution is -2.39. The van der Waals surface area contributed by atoms with Gasteiger partial charge in [0.15, 0.2) is 34.8 Å². The second-order valence-electron chi connectivity index (χ2n) is 7.55. The molecule has 0 bridgehead atoms. The molecule has 37 heavy (non-hydrogen) atoms. The van der Waals surface area contributed by atoms with Crippen molar-refractivity contribution in [3.8, 4) is 17.3 Å². The molecule has 10 nitrogen and oxygen atoms in total. The van der Waals surface area contributed by atoms with E-state index in [0.717, 1.165) is 28.9 Å². The normalized spacial score (nSPS) is 11.8. The van der Waals surface area contributed by atoms with Crippen LogP contribution in [-0.2, 0) is 20.0 Å². The van der Waals surface area contributed by atoms with Crippen LogP contribution in [0.3, 0.4) is 0 Å². The maximum atomic E-state index is 14.5. The quantitative estimate of drug-likeness (QED) is 0.327. The van der Waals surface area contributed by atoms with Crippen LogP contribution in [0.1, 0.15) is 5.56 Å². The average molecular weight is 551 g/mol. The number of halogens is 2. The van der Waals surface area contributed by atoms with Crippen molar-refractivity contribution in [3.63, 3.8) is 0 Å². The highest BCUT2D eigenvalue weighted by atomic mass is 32.3. The van der Waals surface area contributed by atoms with E-state index in [2.05, 4.69) is 10.1 Å². The molecule has 0 spiro atoms. The molecule has 0 aliphatic carbocycles. The number of aromatic nitrogens is 3. The molecule has 2 aromatic heterocycles. The summed E-state index contributed by atoms with van der Waals surface area (Å²) in [5, 5.41) is 4.11. The van der Waals surface area contributed by atoms with Crippen LogP contribution in [0, 0.1) is 18.6 Å². The van der Waals surface area contributed by atoms with Crippen molar-refractivity contribution < 1.29 is 35.1 Å². The minimum atomic E-state index is -5.05. The summed E-state index contributed by atoms with van der Waals surface area (Å²) in [6, 6.07) is 10.00. The topological polar surface area (TPSA) is 121 Å². The predicted molar refractivity (Wildman–Crippen MR) is 129 cm³/mol. The Morgan fingerprint density at radius 3 is 1.81 bits per heavy atom. The van der Waals surface area contributed by atoms with E-state index in [9.17, 15) is 25.6 Å². The fraction of sp³-hybridized carbons (Fsp3) is 0.130. The van der Waals surface area contributed by atoms with Crippen LogP contribution in [0.15, 0.2) is 76.8 Å². The molecule has 4 aromatic rings. The van der Waals surface area contributed by atoms with E-state index in [-0.39, 0.29) is 26.6 Å². The molecule has 0 saturated carbocycles. The van der Waals surface area contributed by atoms with Crippen molar-refractivity contribution in [2.24, 2.45) is 0 Å². The number of nitrogens with zero attached hydrogens (tertiary/aromatic N) is 4. The molecule has 0 aliphatic heterocycles. The molecule has 14 heteroatoms. The highest BCUT2D eigenvalue weighted by molar-refractivity contribution is 8.10. The van der Waals surface area contributed by atoms with Crippen LogP contribution in [0.25, 0.3) is 5.82 Å². The Kier molecular flexibility index (Phi) is 6.88. The molecule has 2 heterocycles. The number of rotatable bonds is 8. The molecule has 2 aromatic carbocycles. The number of pyridine rings is 1. The molecule has 0 fully saturated rings. The Labute approximate surface area is 211 Å². The largest absolute Gasteiger partial charge is 0.494 e. The molecule has 0 radical (unpaired) electrons. The third-order valence-electron chi connectivity index (χ3n) is 5.24. The first-order chi connectivity index (χ1) is 17.5. The summed E-state index contributed by atoms with van der Waals surface area (Å²) in [5.74, 6) is -2.90. The fourth-order valence-corrected chi connectivity index (χ4v) is 7.27.